The van der Waals surface area contributed by atoms with Gasteiger partial charge in [-0.3, -0.25) is 9.59 Å². The van der Waals surface area contributed by atoms with Crippen LogP contribution in [0, 0.1) is 5.82 Å². The number of carbonyl (C=O) groups excluding carboxylic acids is 3. The summed E-state index contributed by atoms with van der Waals surface area (Å²) in [7, 11) is 0. The maximum Gasteiger partial charge on any atom is 0.336 e. The van der Waals surface area contributed by atoms with E-state index in [0.29, 0.717) is 29.9 Å². The molecule has 0 aromatic heterocycles. The third kappa shape index (κ3) is 4.66. The summed E-state index contributed by atoms with van der Waals surface area (Å²) < 4.78 is 19.0. The maximum atomic E-state index is 13.8. The van der Waals surface area contributed by atoms with Gasteiger partial charge in [0.25, 0.3) is 0 Å². The van der Waals surface area contributed by atoms with Crippen LogP contribution in [-0.2, 0) is 19.1 Å². The van der Waals surface area contributed by atoms with Crippen LogP contribution in [-0.4, -0.2) is 53.8 Å². The monoisotopic (exact) mass is 402 g/mol. The molecule has 0 radical (unpaired) electrons. The molecule has 1 aromatic rings. The summed E-state index contributed by atoms with van der Waals surface area (Å²) in [5, 5.41) is 0. The summed E-state index contributed by atoms with van der Waals surface area (Å²) >= 11 is 0. The number of ether oxygens (including phenoxy) is 1. The summed E-state index contributed by atoms with van der Waals surface area (Å²) in [6.07, 6.45) is 3.02. The largest absolute Gasteiger partial charge is 0.463 e. The predicted octanol–water partition coefficient (Wildman–Crippen LogP) is 2.99. The molecule has 6 nitrogen and oxygen atoms in total. The minimum atomic E-state index is -0.599. The Morgan fingerprint density at radius 2 is 1.93 bits per heavy atom. The Bertz CT molecular complexity index is 830. The lowest BCUT2D eigenvalue weighted by atomic mass is 9.83. The molecule has 3 rings (SSSR count). The highest BCUT2D eigenvalue weighted by Gasteiger charge is 2.38. The van der Waals surface area contributed by atoms with Gasteiger partial charge in [0.2, 0.25) is 11.8 Å². The number of likely N-dealkylation sites (tertiary alicyclic amines) is 1. The Hall–Kier alpha value is -2.70. The van der Waals surface area contributed by atoms with Gasteiger partial charge < -0.3 is 14.5 Å². The van der Waals surface area contributed by atoms with E-state index in [0.717, 1.165) is 19.3 Å². The van der Waals surface area contributed by atoms with Gasteiger partial charge in [0.15, 0.2) is 0 Å². The van der Waals surface area contributed by atoms with Crippen LogP contribution in [0.2, 0.25) is 0 Å². The average Bonchev–Trinajstić information content (AvgIpc) is 2.71. The van der Waals surface area contributed by atoms with Crippen LogP contribution < -0.4 is 0 Å². The number of amides is 2. The van der Waals surface area contributed by atoms with Crippen LogP contribution in [0.5, 0.6) is 0 Å². The zero-order chi connectivity index (χ0) is 21.0. The molecule has 29 heavy (non-hydrogen) atoms. The van der Waals surface area contributed by atoms with Gasteiger partial charge >= 0.3 is 5.97 Å². The van der Waals surface area contributed by atoms with Crippen molar-refractivity contribution in [2.24, 2.45) is 0 Å². The van der Waals surface area contributed by atoms with Crippen LogP contribution in [0.15, 0.2) is 35.5 Å². The Kier molecular flexibility index (Phi) is 6.67. The normalized spacial score (nSPS) is 20.1. The van der Waals surface area contributed by atoms with Crippen molar-refractivity contribution in [3.8, 4) is 0 Å². The third-order valence-corrected chi connectivity index (χ3v) is 5.57. The van der Waals surface area contributed by atoms with E-state index >= 15 is 0 Å². The second-order valence-electron chi connectivity index (χ2n) is 7.45. The van der Waals surface area contributed by atoms with Gasteiger partial charge in [-0.2, -0.15) is 0 Å². The van der Waals surface area contributed by atoms with E-state index in [2.05, 4.69) is 0 Å². The number of benzene rings is 1. The lowest BCUT2D eigenvalue weighted by Crippen LogP contribution is -2.46. The second kappa shape index (κ2) is 9.20. The zero-order valence-electron chi connectivity index (χ0n) is 16.9. The molecular formula is C22H27FN2O4. The molecule has 2 heterocycles. The van der Waals surface area contributed by atoms with Crippen LogP contribution in [0.4, 0.5) is 4.39 Å². The molecule has 2 aliphatic rings. The van der Waals surface area contributed by atoms with Crippen molar-refractivity contribution in [1.29, 1.82) is 0 Å². The molecule has 7 heteroatoms. The van der Waals surface area contributed by atoms with Crippen molar-refractivity contribution in [3.05, 3.63) is 46.9 Å². The number of halogens is 1. The topological polar surface area (TPSA) is 66.9 Å². The molecular weight excluding hydrogens is 375 g/mol. The molecule has 1 fully saturated rings. The molecule has 0 unspecified atom stereocenters. The average molecular weight is 402 g/mol. The summed E-state index contributed by atoms with van der Waals surface area (Å²) in [6, 6.07) is 5.90. The first-order valence-corrected chi connectivity index (χ1v) is 10.1. The first kappa shape index (κ1) is 21.0. The van der Waals surface area contributed by atoms with Gasteiger partial charge in [-0.15, -0.1) is 0 Å². The number of allylic oxidation sites excluding steroid dienone is 1. The zero-order valence-corrected chi connectivity index (χ0v) is 16.9. The van der Waals surface area contributed by atoms with Crippen molar-refractivity contribution >= 4 is 17.8 Å². The van der Waals surface area contributed by atoms with Gasteiger partial charge in [-0.05, 0) is 50.8 Å². The Balaban J connectivity index is 1.93. The summed E-state index contributed by atoms with van der Waals surface area (Å²) in [6.45, 7) is 4.84. The molecule has 1 aromatic carbocycles. The molecule has 1 atom stereocenters. The number of piperidine rings is 1. The van der Waals surface area contributed by atoms with Gasteiger partial charge in [-0.1, -0.05) is 12.1 Å². The Labute approximate surface area is 170 Å². The smallest absolute Gasteiger partial charge is 0.336 e. The van der Waals surface area contributed by atoms with Crippen molar-refractivity contribution in [2.45, 2.75) is 45.4 Å². The summed E-state index contributed by atoms with van der Waals surface area (Å²) in [4.78, 5) is 41.4. The second-order valence-corrected chi connectivity index (χ2v) is 7.45. The highest BCUT2D eigenvalue weighted by molar-refractivity contribution is 5.97. The van der Waals surface area contributed by atoms with Gasteiger partial charge in [-0.25, -0.2) is 9.18 Å². The standard InChI is InChI=1S/C22H27FN2O4/c1-3-29-22(28)21-15(2)25(14-20(27)24-10-5-4-6-11-24)19(26)13-18(21)16-8-7-9-17(23)12-16/h7-9,12,18H,3-6,10-11,13-14H2,1-2H3/t18-/m1/s1. The Morgan fingerprint density at radius 1 is 1.21 bits per heavy atom. The van der Waals surface area contributed by atoms with E-state index in [-0.39, 0.29) is 31.4 Å². The van der Waals surface area contributed by atoms with E-state index in [4.69, 9.17) is 4.74 Å². The first-order chi connectivity index (χ1) is 13.9. The molecule has 0 N–H and O–H groups in total. The fraction of sp³-hybridized carbons (Fsp3) is 0.500. The molecule has 0 saturated carbocycles. The van der Waals surface area contributed by atoms with Crippen molar-refractivity contribution < 1.29 is 23.5 Å². The molecule has 0 aliphatic carbocycles. The van der Waals surface area contributed by atoms with Gasteiger partial charge in [0.1, 0.15) is 12.4 Å². The molecule has 2 amide bonds. The summed E-state index contributed by atoms with van der Waals surface area (Å²) in [5.74, 6) is -1.95. The van der Waals surface area contributed by atoms with Crippen LogP contribution >= 0.6 is 0 Å². The predicted molar refractivity (Wildman–Crippen MR) is 105 cm³/mol. The lowest BCUT2D eigenvalue weighted by molar-refractivity contribution is -0.142. The highest BCUT2D eigenvalue weighted by Crippen LogP contribution is 2.37. The number of hydrogen-bond donors (Lipinski definition) is 0. The quantitative estimate of drug-likeness (QED) is 0.710. The van der Waals surface area contributed by atoms with Gasteiger partial charge in [0.05, 0.1) is 12.2 Å². The number of carbonyl (C=O) groups is 3. The fourth-order valence-electron chi connectivity index (χ4n) is 4.06. The van der Waals surface area contributed by atoms with Crippen LogP contribution in [0.3, 0.4) is 0 Å². The number of rotatable bonds is 5. The maximum absolute atomic E-state index is 13.8. The number of esters is 1. The fourth-order valence-corrected chi connectivity index (χ4v) is 4.06. The third-order valence-electron chi connectivity index (χ3n) is 5.57. The Morgan fingerprint density at radius 3 is 2.59 bits per heavy atom. The first-order valence-electron chi connectivity index (χ1n) is 10.1. The van der Waals surface area contributed by atoms with Crippen LogP contribution in [0.25, 0.3) is 0 Å². The molecule has 0 spiro atoms. The van der Waals surface area contributed by atoms with E-state index in [9.17, 15) is 18.8 Å². The molecule has 156 valence electrons. The van der Waals surface area contributed by atoms with Crippen molar-refractivity contribution in [2.75, 3.05) is 26.2 Å². The molecule has 0 bridgehead atoms. The summed E-state index contributed by atoms with van der Waals surface area (Å²) in [5.41, 5.74) is 1.26. The van der Waals surface area contributed by atoms with E-state index < -0.39 is 17.7 Å². The SMILES string of the molecule is CCOC(=O)C1=C(C)N(CC(=O)N2CCCCC2)C(=O)C[C@@H]1c1cccc(F)c1. The molecule has 1 saturated heterocycles. The number of nitrogens with zero attached hydrogens (tertiary/aromatic N) is 2. The minimum Gasteiger partial charge on any atom is -0.463 e. The van der Waals surface area contributed by atoms with Gasteiger partial charge in [0, 0.05) is 31.1 Å². The van der Waals surface area contributed by atoms with Crippen LogP contribution in [0.1, 0.15) is 51.0 Å². The highest BCUT2D eigenvalue weighted by atomic mass is 19.1. The minimum absolute atomic E-state index is 0.0117. The van der Waals surface area contributed by atoms with E-state index in [1.165, 1.54) is 17.0 Å². The van der Waals surface area contributed by atoms with Crippen molar-refractivity contribution in [3.63, 3.8) is 0 Å². The number of hydrogen-bond acceptors (Lipinski definition) is 4. The van der Waals surface area contributed by atoms with Crippen molar-refractivity contribution in [1.82, 2.24) is 9.80 Å². The molecule has 2 aliphatic heterocycles. The van der Waals surface area contributed by atoms with E-state index in [1.54, 1.807) is 30.9 Å². The van der Waals surface area contributed by atoms with E-state index in [1.807, 2.05) is 0 Å². The lowest BCUT2D eigenvalue weighted by Gasteiger charge is -2.36.